The molecule has 0 radical (unpaired) electrons. The van der Waals surface area contributed by atoms with Crippen molar-refractivity contribution in [3.8, 4) is 0 Å². The molecule has 11 atom stereocenters. The highest BCUT2D eigenvalue weighted by atomic mass is 16.3. The monoisotopic (exact) mass is 456 g/mol. The molecule has 33 heavy (non-hydrogen) atoms. The predicted octanol–water partition coefficient (Wildman–Crippen LogP) is 6.17. The molecule has 3 nitrogen and oxygen atoms in total. The normalized spacial score (nSPS) is 49.5. The molecule has 5 aliphatic rings. The van der Waals surface area contributed by atoms with Crippen molar-refractivity contribution in [3.63, 3.8) is 0 Å². The van der Waals surface area contributed by atoms with Crippen molar-refractivity contribution >= 4 is 5.78 Å². The van der Waals surface area contributed by atoms with Crippen molar-refractivity contribution in [2.75, 3.05) is 0 Å². The molecule has 186 valence electrons. The van der Waals surface area contributed by atoms with Gasteiger partial charge in [-0.15, -0.1) is 0 Å². The van der Waals surface area contributed by atoms with Crippen molar-refractivity contribution < 1.29 is 15.0 Å². The summed E-state index contributed by atoms with van der Waals surface area (Å²) in [4.78, 5) is 12.1. The van der Waals surface area contributed by atoms with Crippen LogP contribution in [0.1, 0.15) is 99.3 Å². The van der Waals surface area contributed by atoms with Crippen LogP contribution in [0.2, 0.25) is 0 Å². The summed E-state index contributed by atoms with van der Waals surface area (Å²) in [5.41, 5.74) is 1.85. The van der Waals surface area contributed by atoms with Gasteiger partial charge in [0.2, 0.25) is 0 Å². The Morgan fingerprint density at radius 3 is 2.30 bits per heavy atom. The van der Waals surface area contributed by atoms with Crippen LogP contribution in [-0.4, -0.2) is 28.2 Å². The minimum Gasteiger partial charge on any atom is -0.390 e. The molecule has 0 spiro atoms. The van der Waals surface area contributed by atoms with Gasteiger partial charge in [0.05, 0.1) is 12.2 Å². The van der Waals surface area contributed by atoms with Gasteiger partial charge in [0, 0.05) is 11.8 Å². The van der Waals surface area contributed by atoms with Crippen LogP contribution in [0.5, 0.6) is 0 Å². The number of aliphatic hydroxyl groups excluding tert-OH is 2. The third kappa shape index (κ3) is 3.30. The molecule has 4 saturated carbocycles. The Hall–Kier alpha value is -0.670. The summed E-state index contributed by atoms with van der Waals surface area (Å²) >= 11 is 0. The first kappa shape index (κ1) is 24.0. The topological polar surface area (TPSA) is 57.5 Å². The molecular weight excluding hydrogens is 408 g/mol. The highest BCUT2D eigenvalue weighted by Gasteiger charge is 2.63. The van der Waals surface area contributed by atoms with Crippen molar-refractivity contribution in [2.45, 2.75) is 112 Å². The van der Waals surface area contributed by atoms with Crippen LogP contribution >= 0.6 is 0 Å². The van der Waals surface area contributed by atoms with Crippen LogP contribution < -0.4 is 0 Å². The van der Waals surface area contributed by atoms with Gasteiger partial charge >= 0.3 is 0 Å². The second-order valence-corrected chi connectivity index (χ2v) is 13.9. The fourth-order valence-corrected chi connectivity index (χ4v) is 10.3. The van der Waals surface area contributed by atoms with E-state index in [1.165, 1.54) is 37.7 Å². The van der Waals surface area contributed by atoms with E-state index in [0.717, 1.165) is 37.5 Å². The van der Waals surface area contributed by atoms with Gasteiger partial charge in [0.15, 0.2) is 5.78 Å². The maximum Gasteiger partial charge on any atom is 0.155 e. The lowest BCUT2D eigenvalue weighted by atomic mass is 9.46. The van der Waals surface area contributed by atoms with Crippen molar-refractivity contribution in [1.29, 1.82) is 0 Å². The Kier molecular flexibility index (Phi) is 5.77. The number of aliphatic hydroxyl groups is 2. The molecular formula is C30H48O3. The predicted molar refractivity (Wildman–Crippen MR) is 132 cm³/mol. The molecule has 2 N–H and O–H groups in total. The zero-order chi connectivity index (χ0) is 23.9. The maximum absolute atomic E-state index is 12.1. The van der Waals surface area contributed by atoms with Crippen LogP contribution in [0.3, 0.4) is 0 Å². The highest BCUT2D eigenvalue weighted by molar-refractivity contribution is 5.91. The first-order valence-electron chi connectivity index (χ1n) is 14.1. The quantitative estimate of drug-likeness (QED) is 0.520. The first-order chi connectivity index (χ1) is 15.5. The van der Waals surface area contributed by atoms with Crippen LogP contribution in [0.25, 0.3) is 0 Å². The number of ketones is 1. The molecule has 0 aromatic carbocycles. The molecule has 5 aliphatic carbocycles. The summed E-state index contributed by atoms with van der Waals surface area (Å²) in [5.74, 6) is 4.06. The molecule has 3 heteroatoms. The van der Waals surface area contributed by atoms with E-state index < -0.39 is 12.2 Å². The summed E-state index contributed by atoms with van der Waals surface area (Å²) < 4.78 is 0. The smallest absolute Gasteiger partial charge is 0.155 e. The largest absolute Gasteiger partial charge is 0.390 e. The molecule has 0 heterocycles. The highest BCUT2D eigenvalue weighted by Crippen LogP contribution is 2.68. The zero-order valence-electron chi connectivity index (χ0n) is 21.9. The molecule has 0 saturated heterocycles. The lowest BCUT2D eigenvalue weighted by Gasteiger charge is -2.58. The van der Waals surface area contributed by atoms with Gasteiger partial charge in [-0.25, -0.2) is 0 Å². The minimum absolute atomic E-state index is 0.0939. The molecule has 0 amide bonds. The van der Waals surface area contributed by atoms with Gasteiger partial charge in [0.25, 0.3) is 0 Å². The minimum atomic E-state index is -0.626. The number of carbonyl (C=O) groups excluding carboxylic acids is 1. The van der Waals surface area contributed by atoms with Crippen LogP contribution in [0, 0.1) is 57.7 Å². The van der Waals surface area contributed by atoms with Crippen molar-refractivity contribution in [3.05, 3.63) is 11.6 Å². The molecule has 0 aromatic rings. The molecule has 0 aliphatic heterocycles. The number of rotatable bonds is 5. The Bertz CT molecular complexity index is 830. The van der Waals surface area contributed by atoms with E-state index in [1.807, 2.05) is 6.08 Å². The van der Waals surface area contributed by atoms with E-state index in [4.69, 9.17) is 0 Å². The van der Waals surface area contributed by atoms with Crippen molar-refractivity contribution in [1.82, 2.24) is 0 Å². The van der Waals surface area contributed by atoms with E-state index >= 15 is 0 Å². The second-order valence-electron chi connectivity index (χ2n) is 13.9. The first-order valence-corrected chi connectivity index (χ1v) is 14.1. The Balaban J connectivity index is 1.35. The lowest BCUT2D eigenvalue weighted by molar-refractivity contribution is -0.119. The van der Waals surface area contributed by atoms with E-state index in [0.29, 0.717) is 29.5 Å². The number of fused-ring (bicyclic) bond motifs is 5. The molecule has 0 aromatic heterocycles. The third-order valence-corrected chi connectivity index (χ3v) is 12.6. The molecule has 4 fully saturated rings. The standard InChI is InChI=1S/C30H48O3/c1-17(2)30(16-18(30)3)27(33)26(32)19(4)23-9-10-24-22-8-7-20-15-21(31)11-13-28(20,5)25(22)12-14-29(23,24)6/h15,17-19,22-27,32-33H,7-14,16H2,1-6H3/t18?,19-,22?,23+,24?,25?,26-,27+,28-,29+,30?/m0/s1. The summed E-state index contributed by atoms with van der Waals surface area (Å²) in [7, 11) is 0. The second kappa shape index (κ2) is 7.92. The lowest BCUT2D eigenvalue weighted by Crippen LogP contribution is -2.52. The number of hydrogen-bond acceptors (Lipinski definition) is 3. The summed E-state index contributed by atoms with van der Waals surface area (Å²) in [6, 6.07) is 0. The Morgan fingerprint density at radius 2 is 1.67 bits per heavy atom. The van der Waals surface area contributed by atoms with Gasteiger partial charge in [-0.3, -0.25) is 4.79 Å². The Morgan fingerprint density at radius 1 is 0.970 bits per heavy atom. The number of carbonyl (C=O) groups is 1. The van der Waals surface area contributed by atoms with Crippen molar-refractivity contribution in [2.24, 2.45) is 57.7 Å². The van der Waals surface area contributed by atoms with Gasteiger partial charge in [-0.2, -0.15) is 0 Å². The number of hydrogen-bond donors (Lipinski definition) is 2. The average Bonchev–Trinajstić information content (AvgIpc) is 3.33. The van der Waals surface area contributed by atoms with Crippen LogP contribution in [0.4, 0.5) is 0 Å². The van der Waals surface area contributed by atoms with E-state index in [2.05, 4.69) is 41.5 Å². The number of allylic oxidation sites excluding steroid dienone is 1. The van der Waals surface area contributed by atoms with E-state index in [1.54, 1.807) is 0 Å². The third-order valence-electron chi connectivity index (χ3n) is 12.6. The van der Waals surface area contributed by atoms with E-state index in [9.17, 15) is 15.0 Å². The summed E-state index contributed by atoms with van der Waals surface area (Å²) in [6.45, 7) is 13.9. The average molecular weight is 457 g/mol. The fraction of sp³-hybridized carbons (Fsp3) is 0.900. The molecule has 0 bridgehead atoms. The Labute approximate surface area is 201 Å². The van der Waals surface area contributed by atoms with Gasteiger partial charge in [-0.05, 0) is 110 Å². The maximum atomic E-state index is 12.1. The fourth-order valence-electron chi connectivity index (χ4n) is 10.3. The zero-order valence-corrected chi connectivity index (χ0v) is 21.9. The molecule has 5 unspecified atom stereocenters. The van der Waals surface area contributed by atoms with Crippen LogP contribution in [-0.2, 0) is 4.79 Å². The van der Waals surface area contributed by atoms with Gasteiger partial charge in [0.1, 0.15) is 0 Å². The van der Waals surface area contributed by atoms with Crippen LogP contribution in [0.15, 0.2) is 11.6 Å². The van der Waals surface area contributed by atoms with Gasteiger partial charge < -0.3 is 10.2 Å². The molecule has 5 rings (SSSR count). The summed E-state index contributed by atoms with van der Waals surface area (Å²) in [6.07, 6.45) is 10.9. The summed E-state index contributed by atoms with van der Waals surface area (Å²) in [5, 5.41) is 22.8. The van der Waals surface area contributed by atoms with E-state index in [-0.39, 0.29) is 22.2 Å². The SMILES string of the molecule is CC(C)C1([C@H](O)[C@@H](O)[C@@H](C)[C@H]2CCC3C4CCC5=CC(=O)CC[C@]5(C)C4CC[C@@]32C)CC1C. The van der Waals surface area contributed by atoms with Gasteiger partial charge in [-0.1, -0.05) is 47.1 Å².